The van der Waals surface area contributed by atoms with Crippen LogP contribution in [0.15, 0.2) is 4.52 Å². The normalized spacial score (nSPS) is 11.3. The summed E-state index contributed by atoms with van der Waals surface area (Å²) in [5.41, 5.74) is 6.59. The lowest BCUT2D eigenvalue weighted by Crippen LogP contribution is -2.08. The van der Waals surface area contributed by atoms with E-state index >= 15 is 0 Å². The number of nitrogens with two attached hydrogens (primary N) is 1. The predicted molar refractivity (Wildman–Crippen MR) is 61.3 cm³/mol. The fourth-order valence-electron chi connectivity index (χ4n) is 1.54. The van der Waals surface area contributed by atoms with Gasteiger partial charge in [0.2, 0.25) is 5.89 Å². The van der Waals surface area contributed by atoms with Crippen LogP contribution in [0.5, 0.6) is 0 Å². The summed E-state index contributed by atoms with van der Waals surface area (Å²) < 4.78 is 6.82. The molecule has 0 spiro atoms. The molecule has 7 nitrogen and oxygen atoms in total. The first-order valence-electron chi connectivity index (χ1n) is 5.62. The van der Waals surface area contributed by atoms with Crippen LogP contribution in [-0.4, -0.2) is 25.1 Å². The topological polar surface area (TPSA) is 95.7 Å². The zero-order valence-electron chi connectivity index (χ0n) is 10.2. The molecule has 2 rings (SSSR count). The Bertz CT molecular complexity index is 501. The molecule has 0 unspecified atom stereocenters. The molecule has 2 heterocycles. The lowest BCUT2D eigenvalue weighted by molar-refractivity contribution is 0.359. The SMILES string of the molecule is CCc1c(N)nnn1Cc1noc(C(C)C)n1. The molecule has 2 aromatic rings. The van der Waals surface area contributed by atoms with Crippen LogP contribution in [-0.2, 0) is 13.0 Å². The molecule has 0 atom stereocenters. The van der Waals surface area contributed by atoms with E-state index < -0.39 is 0 Å². The second-order valence-electron chi connectivity index (χ2n) is 4.14. The fraction of sp³-hybridized carbons (Fsp3) is 0.600. The van der Waals surface area contributed by atoms with Crippen molar-refractivity contribution in [3.8, 4) is 0 Å². The molecule has 0 aliphatic heterocycles. The van der Waals surface area contributed by atoms with E-state index in [4.69, 9.17) is 10.3 Å². The summed E-state index contributed by atoms with van der Waals surface area (Å²) in [5, 5.41) is 11.7. The van der Waals surface area contributed by atoms with Crippen molar-refractivity contribution < 1.29 is 4.52 Å². The minimum Gasteiger partial charge on any atom is -0.381 e. The molecule has 0 saturated carbocycles. The maximum absolute atomic E-state index is 5.70. The van der Waals surface area contributed by atoms with E-state index in [0.717, 1.165) is 12.1 Å². The first-order chi connectivity index (χ1) is 8.11. The monoisotopic (exact) mass is 236 g/mol. The van der Waals surface area contributed by atoms with Gasteiger partial charge in [0.15, 0.2) is 11.6 Å². The van der Waals surface area contributed by atoms with Gasteiger partial charge in [-0.2, -0.15) is 4.98 Å². The lowest BCUT2D eigenvalue weighted by Gasteiger charge is -2.00. The molecule has 0 amide bonds. The van der Waals surface area contributed by atoms with Crippen molar-refractivity contribution in [3.63, 3.8) is 0 Å². The molecular weight excluding hydrogens is 220 g/mol. The molecule has 0 bridgehead atoms. The molecular formula is C10H16N6O. The van der Waals surface area contributed by atoms with Crippen molar-refractivity contribution in [2.45, 2.75) is 39.7 Å². The van der Waals surface area contributed by atoms with Gasteiger partial charge in [0, 0.05) is 5.92 Å². The number of anilines is 1. The van der Waals surface area contributed by atoms with Crippen LogP contribution >= 0.6 is 0 Å². The number of nitrogens with zero attached hydrogens (tertiary/aromatic N) is 5. The quantitative estimate of drug-likeness (QED) is 0.850. The molecule has 2 N–H and O–H groups in total. The van der Waals surface area contributed by atoms with Crippen molar-refractivity contribution in [2.24, 2.45) is 0 Å². The van der Waals surface area contributed by atoms with Crippen molar-refractivity contribution in [3.05, 3.63) is 17.4 Å². The van der Waals surface area contributed by atoms with Gasteiger partial charge in [-0.3, -0.25) is 0 Å². The summed E-state index contributed by atoms with van der Waals surface area (Å²) in [7, 11) is 0. The van der Waals surface area contributed by atoms with E-state index in [1.54, 1.807) is 4.68 Å². The van der Waals surface area contributed by atoms with Gasteiger partial charge in [0.1, 0.15) is 6.54 Å². The Hall–Kier alpha value is -1.92. The third-order valence-corrected chi connectivity index (χ3v) is 2.47. The highest BCUT2D eigenvalue weighted by atomic mass is 16.5. The lowest BCUT2D eigenvalue weighted by atomic mass is 10.2. The van der Waals surface area contributed by atoms with Gasteiger partial charge < -0.3 is 10.3 Å². The minimum atomic E-state index is 0.225. The molecule has 0 aliphatic rings. The average Bonchev–Trinajstić information content (AvgIpc) is 2.87. The maximum Gasteiger partial charge on any atom is 0.229 e. The van der Waals surface area contributed by atoms with Crippen LogP contribution in [0, 0.1) is 0 Å². The van der Waals surface area contributed by atoms with Gasteiger partial charge in [-0.1, -0.05) is 31.1 Å². The zero-order chi connectivity index (χ0) is 12.4. The first-order valence-corrected chi connectivity index (χ1v) is 5.62. The van der Waals surface area contributed by atoms with Gasteiger partial charge in [-0.25, -0.2) is 4.68 Å². The van der Waals surface area contributed by atoms with E-state index in [1.165, 1.54) is 0 Å². The Morgan fingerprint density at radius 2 is 2.18 bits per heavy atom. The van der Waals surface area contributed by atoms with Crippen molar-refractivity contribution in [2.75, 3.05) is 5.73 Å². The van der Waals surface area contributed by atoms with Gasteiger partial charge in [-0.15, -0.1) is 5.10 Å². The average molecular weight is 236 g/mol. The Labute approximate surface area is 99.0 Å². The van der Waals surface area contributed by atoms with Crippen molar-refractivity contribution >= 4 is 5.82 Å². The number of hydrogen-bond donors (Lipinski definition) is 1. The summed E-state index contributed by atoms with van der Waals surface area (Å²) in [6.45, 7) is 6.44. The second kappa shape index (κ2) is 4.52. The third kappa shape index (κ3) is 2.27. The first kappa shape index (κ1) is 11.6. The molecule has 0 fully saturated rings. The summed E-state index contributed by atoms with van der Waals surface area (Å²) in [6.07, 6.45) is 0.772. The van der Waals surface area contributed by atoms with E-state index in [1.807, 2.05) is 20.8 Å². The molecule has 0 aromatic carbocycles. The molecule has 17 heavy (non-hydrogen) atoms. The molecule has 2 aromatic heterocycles. The number of nitrogen functional groups attached to an aromatic ring is 1. The largest absolute Gasteiger partial charge is 0.381 e. The summed E-state index contributed by atoms with van der Waals surface area (Å²) in [5.74, 6) is 1.90. The third-order valence-electron chi connectivity index (χ3n) is 2.47. The van der Waals surface area contributed by atoms with Crippen molar-refractivity contribution in [1.29, 1.82) is 0 Å². The van der Waals surface area contributed by atoms with E-state index in [9.17, 15) is 0 Å². The summed E-state index contributed by atoms with van der Waals surface area (Å²) in [6, 6.07) is 0. The Morgan fingerprint density at radius 1 is 1.41 bits per heavy atom. The number of hydrogen-bond acceptors (Lipinski definition) is 6. The highest BCUT2D eigenvalue weighted by Crippen LogP contribution is 2.13. The van der Waals surface area contributed by atoms with E-state index in [2.05, 4.69) is 20.5 Å². The van der Waals surface area contributed by atoms with Crippen molar-refractivity contribution in [1.82, 2.24) is 25.1 Å². The Kier molecular flexibility index (Phi) is 3.08. The second-order valence-corrected chi connectivity index (χ2v) is 4.14. The highest BCUT2D eigenvalue weighted by molar-refractivity contribution is 5.32. The Morgan fingerprint density at radius 3 is 2.76 bits per heavy atom. The fourth-order valence-corrected chi connectivity index (χ4v) is 1.54. The van der Waals surface area contributed by atoms with Crippen LogP contribution in [0.4, 0.5) is 5.82 Å². The van der Waals surface area contributed by atoms with Crippen LogP contribution in [0.25, 0.3) is 0 Å². The van der Waals surface area contributed by atoms with E-state index in [0.29, 0.717) is 24.1 Å². The molecule has 7 heteroatoms. The minimum absolute atomic E-state index is 0.225. The van der Waals surface area contributed by atoms with Gasteiger partial charge in [0.05, 0.1) is 5.69 Å². The van der Waals surface area contributed by atoms with Gasteiger partial charge >= 0.3 is 0 Å². The molecule has 0 saturated heterocycles. The van der Waals surface area contributed by atoms with Gasteiger partial charge in [0.25, 0.3) is 0 Å². The maximum atomic E-state index is 5.70. The van der Waals surface area contributed by atoms with E-state index in [-0.39, 0.29) is 5.92 Å². The summed E-state index contributed by atoms with van der Waals surface area (Å²) >= 11 is 0. The molecule has 92 valence electrons. The summed E-state index contributed by atoms with van der Waals surface area (Å²) in [4.78, 5) is 4.28. The van der Waals surface area contributed by atoms with Crippen LogP contribution in [0.3, 0.4) is 0 Å². The highest BCUT2D eigenvalue weighted by Gasteiger charge is 2.13. The smallest absolute Gasteiger partial charge is 0.229 e. The number of aromatic nitrogens is 5. The van der Waals surface area contributed by atoms with Crippen LogP contribution in [0.1, 0.15) is 44.1 Å². The predicted octanol–water partition coefficient (Wildman–Crippen LogP) is 0.977. The standard InChI is InChI=1S/C10H16N6O/c1-4-7-9(11)13-15-16(7)5-8-12-10(6(2)3)17-14-8/h6H,4-5,11H2,1-3H3. The number of rotatable bonds is 4. The molecule has 0 aliphatic carbocycles. The van der Waals surface area contributed by atoms with Gasteiger partial charge in [-0.05, 0) is 6.42 Å². The van der Waals surface area contributed by atoms with Crippen LogP contribution in [0.2, 0.25) is 0 Å². The zero-order valence-corrected chi connectivity index (χ0v) is 10.2. The van der Waals surface area contributed by atoms with Crippen LogP contribution < -0.4 is 5.73 Å². The molecule has 0 radical (unpaired) electrons. The Balaban J connectivity index is 2.19.